The number of piperidine rings is 1. The van der Waals surface area contributed by atoms with Crippen molar-refractivity contribution < 1.29 is 13.2 Å². The molecule has 1 aliphatic heterocycles. The number of amides is 1. The van der Waals surface area contributed by atoms with Gasteiger partial charge in [0.25, 0.3) is 0 Å². The van der Waals surface area contributed by atoms with E-state index in [1.165, 1.54) is 4.31 Å². The fourth-order valence-corrected chi connectivity index (χ4v) is 4.65. The Hall–Kier alpha value is -0.920. The Bertz CT molecular complexity index is 646. The lowest BCUT2D eigenvalue weighted by molar-refractivity contribution is -0.126. The third-order valence-corrected chi connectivity index (χ3v) is 6.69. The number of nitrogens with one attached hydrogen (secondary N) is 1. The number of carbonyl (C=O) groups excluding carboxylic acids is 1. The minimum Gasteiger partial charge on any atom is -0.356 e. The molecular weight excluding hydrogens is 392 g/mol. The predicted molar refractivity (Wildman–Crippen MR) is 98.2 cm³/mol. The molecule has 1 fully saturated rings. The van der Waals surface area contributed by atoms with E-state index in [-0.39, 0.29) is 23.3 Å². The first-order valence-electron chi connectivity index (χ1n) is 8.48. The molecule has 1 atom stereocenters. The van der Waals surface area contributed by atoms with Crippen LogP contribution in [0.25, 0.3) is 0 Å². The Morgan fingerprint density at radius 1 is 1.29 bits per heavy atom. The van der Waals surface area contributed by atoms with E-state index >= 15 is 0 Å². The highest BCUT2D eigenvalue weighted by molar-refractivity contribution is 9.10. The summed E-state index contributed by atoms with van der Waals surface area (Å²) < 4.78 is 27.8. The number of hydrogen-bond acceptors (Lipinski definition) is 3. The third-order valence-electron chi connectivity index (χ3n) is 4.29. The van der Waals surface area contributed by atoms with E-state index in [0.29, 0.717) is 19.5 Å². The zero-order valence-electron chi connectivity index (χ0n) is 14.0. The van der Waals surface area contributed by atoms with Gasteiger partial charge in [-0.3, -0.25) is 4.79 Å². The molecule has 24 heavy (non-hydrogen) atoms. The lowest BCUT2D eigenvalue weighted by Crippen LogP contribution is -2.45. The van der Waals surface area contributed by atoms with E-state index < -0.39 is 10.0 Å². The first kappa shape index (κ1) is 19.4. The monoisotopic (exact) mass is 416 g/mol. The zero-order valence-corrected chi connectivity index (χ0v) is 16.4. The molecule has 1 saturated heterocycles. The fourth-order valence-electron chi connectivity index (χ4n) is 2.86. The molecule has 0 bridgehead atoms. The van der Waals surface area contributed by atoms with Gasteiger partial charge >= 0.3 is 0 Å². The number of nitrogens with zero attached hydrogens (tertiary/aromatic N) is 1. The minimum atomic E-state index is -3.54. The van der Waals surface area contributed by atoms with E-state index in [4.69, 9.17) is 0 Å². The molecule has 0 aromatic heterocycles. The predicted octanol–water partition coefficient (Wildman–Crippen LogP) is 3.16. The van der Waals surface area contributed by atoms with Crippen molar-refractivity contribution in [2.75, 3.05) is 19.6 Å². The van der Waals surface area contributed by atoms with Gasteiger partial charge in [-0.15, -0.1) is 0 Å². The summed E-state index contributed by atoms with van der Waals surface area (Å²) in [6.07, 6.45) is 4.62. The molecule has 1 aromatic carbocycles. The SMILES string of the molecule is CCCCCNC(=O)[C@H]1CCCN(S(=O)(=O)c2ccc(Br)cc2)C1. The van der Waals surface area contributed by atoms with Crippen LogP contribution in [0.1, 0.15) is 39.0 Å². The Labute approximate surface area is 153 Å². The first-order chi connectivity index (χ1) is 11.4. The third kappa shape index (κ3) is 5.04. The van der Waals surface area contributed by atoms with Crippen LogP contribution < -0.4 is 5.32 Å². The molecule has 0 radical (unpaired) electrons. The summed E-state index contributed by atoms with van der Waals surface area (Å²) in [6, 6.07) is 6.62. The smallest absolute Gasteiger partial charge is 0.243 e. The number of benzene rings is 1. The van der Waals surface area contributed by atoms with Gasteiger partial charge in [0.1, 0.15) is 0 Å². The molecule has 1 heterocycles. The number of sulfonamides is 1. The van der Waals surface area contributed by atoms with Crippen LogP contribution in [0.15, 0.2) is 33.6 Å². The van der Waals surface area contributed by atoms with Crippen LogP contribution >= 0.6 is 15.9 Å². The normalized spacial score (nSPS) is 19.2. The van der Waals surface area contributed by atoms with Crippen LogP contribution in [0.3, 0.4) is 0 Å². The van der Waals surface area contributed by atoms with Gasteiger partial charge in [0.15, 0.2) is 0 Å². The van der Waals surface area contributed by atoms with Crippen LogP contribution in [-0.2, 0) is 14.8 Å². The molecule has 1 aliphatic rings. The maximum atomic E-state index is 12.7. The lowest BCUT2D eigenvalue weighted by atomic mass is 9.99. The summed E-state index contributed by atoms with van der Waals surface area (Å²) in [7, 11) is -3.54. The van der Waals surface area contributed by atoms with Gasteiger partial charge in [0.05, 0.1) is 10.8 Å². The van der Waals surface area contributed by atoms with Crippen molar-refractivity contribution in [3.8, 4) is 0 Å². The summed E-state index contributed by atoms with van der Waals surface area (Å²) in [4.78, 5) is 12.5. The fraction of sp³-hybridized carbons (Fsp3) is 0.588. The maximum Gasteiger partial charge on any atom is 0.243 e. The van der Waals surface area contributed by atoms with Gasteiger partial charge in [-0.2, -0.15) is 4.31 Å². The van der Waals surface area contributed by atoms with Crippen molar-refractivity contribution in [2.24, 2.45) is 5.92 Å². The van der Waals surface area contributed by atoms with Crippen molar-refractivity contribution >= 4 is 31.9 Å². The number of carbonyl (C=O) groups is 1. The summed E-state index contributed by atoms with van der Waals surface area (Å²) in [5.41, 5.74) is 0. The quantitative estimate of drug-likeness (QED) is 0.694. The van der Waals surface area contributed by atoms with Gasteiger partial charge < -0.3 is 5.32 Å². The van der Waals surface area contributed by atoms with Crippen LogP contribution in [0, 0.1) is 5.92 Å². The van der Waals surface area contributed by atoms with Gasteiger partial charge in [-0.25, -0.2) is 8.42 Å². The van der Waals surface area contributed by atoms with E-state index in [1.807, 2.05) is 0 Å². The second-order valence-corrected chi connectivity index (χ2v) is 9.01. The van der Waals surface area contributed by atoms with E-state index in [9.17, 15) is 13.2 Å². The summed E-state index contributed by atoms with van der Waals surface area (Å²) in [5, 5.41) is 2.94. The van der Waals surface area contributed by atoms with Gasteiger partial charge in [-0.1, -0.05) is 35.7 Å². The highest BCUT2D eigenvalue weighted by Crippen LogP contribution is 2.24. The summed E-state index contributed by atoms with van der Waals surface area (Å²) >= 11 is 3.31. The van der Waals surface area contributed by atoms with Crippen molar-refractivity contribution in [1.29, 1.82) is 0 Å². The Morgan fingerprint density at radius 3 is 2.67 bits per heavy atom. The average Bonchev–Trinajstić information content (AvgIpc) is 2.59. The molecule has 0 aliphatic carbocycles. The minimum absolute atomic E-state index is 0.0261. The molecule has 1 amide bonds. The summed E-state index contributed by atoms with van der Waals surface area (Å²) in [6.45, 7) is 3.52. The van der Waals surface area contributed by atoms with Crippen LogP contribution in [0.2, 0.25) is 0 Å². The average molecular weight is 417 g/mol. The van der Waals surface area contributed by atoms with Gasteiger partial charge in [0.2, 0.25) is 15.9 Å². The van der Waals surface area contributed by atoms with Crippen molar-refractivity contribution in [1.82, 2.24) is 9.62 Å². The van der Waals surface area contributed by atoms with Crippen molar-refractivity contribution in [3.05, 3.63) is 28.7 Å². The molecule has 7 heteroatoms. The molecule has 0 spiro atoms. The van der Waals surface area contributed by atoms with Crippen molar-refractivity contribution in [3.63, 3.8) is 0 Å². The zero-order chi connectivity index (χ0) is 17.6. The first-order valence-corrected chi connectivity index (χ1v) is 10.7. The molecule has 0 saturated carbocycles. The molecule has 134 valence electrons. The number of rotatable bonds is 7. The highest BCUT2D eigenvalue weighted by atomic mass is 79.9. The number of hydrogen-bond donors (Lipinski definition) is 1. The lowest BCUT2D eigenvalue weighted by Gasteiger charge is -2.31. The largest absolute Gasteiger partial charge is 0.356 e. The van der Waals surface area contributed by atoms with Gasteiger partial charge in [-0.05, 0) is 43.5 Å². The molecule has 1 aromatic rings. The standard InChI is InChI=1S/C17H25BrN2O3S/c1-2-3-4-11-19-17(21)14-6-5-12-20(13-14)24(22,23)16-9-7-15(18)8-10-16/h7-10,14H,2-6,11-13H2,1H3,(H,19,21)/t14-/m0/s1. The second kappa shape index (κ2) is 8.97. The maximum absolute atomic E-state index is 12.7. The highest BCUT2D eigenvalue weighted by Gasteiger charge is 2.33. The number of unbranched alkanes of at least 4 members (excludes halogenated alkanes) is 2. The second-order valence-electron chi connectivity index (χ2n) is 6.15. The Morgan fingerprint density at radius 2 is 2.00 bits per heavy atom. The molecule has 1 N–H and O–H groups in total. The van der Waals surface area contributed by atoms with Crippen LogP contribution in [0.5, 0.6) is 0 Å². The topological polar surface area (TPSA) is 66.5 Å². The molecule has 0 unspecified atom stereocenters. The van der Waals surface area contributed by atoms with Crippen molar-refractivity contribution in [2.45, 2.75) is 43.9 Å². The Balaban J connectivity index is 1.99. The van der Waals surface area contributed by atoms with E-state index in [0.717, 1.165) is 30.2 Å². The summed E-state index contributed by atoms with van der Waals surface area (Å²) in [5.74, 6) is -0.285. The molecular formula is C17H25BrN2O3S. The van der Waals surface area contributed by atoms with E-state index in [1.54, 1.807) is 24.3 Å². The molecule has 2 rings (SSSR count). The Kier molecular flexibility index (Phi) is 7.25. The van der Waals surface area contributed by atoms with Gasteiger partial charge in [0, 0.05) is 24.1 Å². The van der Waals surface area contributed by atoms with E-state index in [2.05, 4.69) is 28.2 Å². The van der Waals surface area contributed by atoms with Crippen LogP contribution in [-0.4, -0.2) is 38.3 Å². The van der Waals surface area contributed by atoms with Crippen LogP contribution in [0.4, 0.5) is 0 Å². The number of halogens is 1. The molecule has 5 nitrogen and oxygen atoms in total.